The van der Waals surface area contributed by atoms with E-state index in [1.54, 1.807) is 0 Å². The molecule has 0 aromatic carbocycles. The fraction of sp³-hybridized carbons (Fsp3) is 0.385. The fourth-order valence-corrected chi connectivity index (χ4v) is 3.54. The Balaban J connectivity index is 2.24. The van der Waals surface area contributed by atoms with Crippen molar-refractivity contribution in [2.24, 2.45) is 0 Å². The van der Waals surface area contributed by atoms with Gasteiger partial charge in [0.25, 0.3) is 5.91 Å². The first-order valence-electron chi connectivity index (χ1n) is 5.81. The molecule has 2 rings (SSSR count). The van der Waals surface area contributed by atoms with Crippen LogP contribution in [0, 0.1) is 13.8 Å². The monoisotopic (exact) mass is 342 g/mol. The maximum Gasteiger partial charge on any atom is 0.262 e. The van der Waals surface area contributed by atoms with E-state index in [-0.39, 0.29) is 5.91 Å². The van der Waals surface area contributed by atoms with Crippen molar-refractivity contribution in [2.45, 2.75) is 33.2 Å². The highest BCUT2D eigenvalue weighted by Gasteiger charge is 2.30. The third kappa shape index (κ3) is 2.90. The molecular formula is C13H15BrN2O2S. The second-order valence-corrected chi connectivity index (χ2v) is 6.73. The van der Waals surface area contributed by atoms with E-state index in [1.165, 1.54) is 11.3 Å². The minimum atomic E-state index is -0.526. The molecule has 6 heteroatoms. The van der Waals surface area contributed by atoms with Gasteiger partial charge in [0, 0.05) is 15.4 Å². The molecule has 0 fully saturated rings. The van der Waals surface area contributed by atoms with Gasteiger partial charge in [-0.15, -0.1) is 11.3 Å². The summed E-state index contributed by atoms with van der Waals surface area (Å²) in [7, 11) is 0. The van der Waals surface area contributed by atoms with Crippen LogP contribution in [0.1, 0.15) is 40.5 Å². The van der Waals surface area contributed by atoms with Gasteiger partial charge >= 0.3 is 0 Å². The molecule has 0 aliphatic rings. The van der Waals surface area contributed by atoms with Crippen LogP contribution >= 0.6 is 27.3 Å². The van der Waals surface area contributed by atoms with E-state index in [2.05, 4.69) is 26.4 Å². The molecule has 2 heterocycles. The van der Waals surface area contributed by atoms with Crippen LogP contribution in [0.2, 0.25) is 0 Å². The summed E-state index contributed by atoms with van der Waals surface area (Å²) in [5, 5.41) is 8.84. The second kappa shape index (κ2) is 5.09. The molecule has 102 valence electrons. The summed E-state index contributed by atoms with van der Waals surface area (Å²) < 4.78 is 6.08. The highest BCUT2D eigenvalue weighted by Crippen LogP contribution is 2.28. The van der Waals surface area contributed by atoms with Crippen molar-refractivity contribution in [3.63, 3.8) is 0 Å². The van der Waals surface area contributed by atoms with Crippen LogP contribution in [0.25, 0.3) is 0 Å². The molecule has 4 nitrogen and oxygen atoms in total. The molecule has 1 amide bonds. The Morgan fingerprint density at radius 1 is 1.47 bits per heavy atom. The number of carbonyl (C=O) groups is 1. The van der Waals surface area contributed by atoms with E-state index in [0.717, 1.165) is 21.5 Å². The van der Waals surface area contributed by atoms with Gasteiger partial charge in [-0.25, -0.2) is 0 Å². The Kier molecular flexibility index (Phi) is 3.82. The number of rotatable bonds is 3. The molecular weight excluding hydrogens is 328 g/mol. The Bertz CT molecular complexity index is 596. The summed E-state index contributed by atoms with van der Waals surface area (Å²) in [6.07, 6.45) is 0. The number of carbonyl (C=O) groups excluding carboxylic acids is 1. The summed E-state index contributed by atoms with van der Waals surface area (Å²) in [6, 6.07) is 1.81. The lowest BCUT2D eigenvalue weighted by atomic mass is 9.92. The Morgan fingerprint density at radius 2 is 2.16 bits per heavy atom. The van der Waals surface area contributed by atoms with E-state index in [0.29, 0.717) is 4.88 Å². The smallest absolute Gasteiger partial charge is 0.262 e. The van der Waals surface area contributed by atoms with Crippen LogP contribution in [-0.4, -0.2) is 11.1 Å². The minimum Gasteiger partial charge on any atom is -0.361 e. The number of nitrogens with one attached hydrogen (secondary N) is 1. The Labute approximate surface area is 124 Å². The lowest BCUT2D eigenvalue weighted by molar-refractivity contribution is 0.0915. The van der Waals surface area contributed by atoms with E-state index in [1.807, 2.05) is 39.1 Å². The van der Waals surface area contributed by atoms with Crippen LogP contribution in [0.15, 0.2) is 20.4 Å². The molecule has 2 aromatic heterocycles. The molecule has 2 aromatic rings. The van der Waals surface area contributed by atoms with E-state index in [9.17, 15) is 4.79 Å². The van der Waals surface area contributed by atoms with Crippen molar-refractivity contribution >= 4 is 33.2 Å². The second-order valence-electron chi connectivity index (χ2n) is 4.91. The van der Waals surface area contributed by atoms with Gasteiger partial charge in [-0.3, -0.25) is 4.79 Å². The fourth-order valence-electron chi connectivity index (χ4n) is 2.22. The van der Waals surface area contributed by atoms with Gasteiger partial charge in [0.2, 0.25) is 0 Å². The average molecular weight is 343 g/mol. The number of aromatic nitrogens is 1. The van der Waals surface area contributed by atoms with Crippen molar-refractivity contribution in [1.29, 1.82) is 0 Å². The van der Waals surface area contributed by atoms with Crippen molar-refractivity contribution < 1.29 is 9.32 Å². The lowest BCUT2D eigenvalue weighted by Gasteiger charge is -2.26. The zero-order valence-corrected chi connectivity index (χ0v) is 13.6. The number of halogens is 1. The van der Waals surface area contributed by atoms with Gasteiger partial charge < -0.3 is 9.84 Å². The number of nitrogens with zero attached hydrogens (tertiary/aromatic N) is 1. The number of aryl methyl sites for hydroxylation is 2. The SMILES string of the molecule is Cc1noc(C)c1C(C)(C)NC(=O)c1cc(Br)cs1. The quantitative estimate of drug-likeness (QED) is 0.923. The number of hydrogen-bond acceptors (Lipinski definition) is 4. The van der Waals surface area contributed by atoms with E-state index in [4.69, 9.17) is 4.52 Å². The predicted molar refractivity (Wildman–Crippen MR) is 78.5 cm³/mol. The highest BCUT2D eigenvalue weighted by molar-refractivity contribution is 9.10. The molecule has 1 N–H and O–H groups in total. The number of amides is 1. The van der Waals surface area contributed by atoms with Crippen molar-refractivity contribution in [3.8, 4) is 0 Å². The van der Waals surface area contributed by atoms with Crippen molar-refractivity contribution in [2.75, 3.05) is 0 Å². The average Bonchev–Trinajstić information content (AvgIpc) is 2.85. The van der Waals surface area contributed by atoms with Gasteiger partial charge in [-0.05, 0) is 49.7 Å². The van der Waals surface area contributed by atoms with Gasteiger partial charge in [0.05, 0.1) is 16.1 Å². The van der Waals surface area contributed by atoms with Crippen LogP contribution in [0.3, 0.4) is 0 Å². The molecule has 0 radical (unpaired) electrons. The summed E-state index contributed by atoms with van der Waals surface area (Å²) in [5.41, 5.74) is 1.20. The zero-order valence-electron chi connectivity index (χ0n) is 11.2. The van der Waals surface area contributed by atoms with Gasteiger partial charge in [-0.1, -0.05) is 5.16 Å². The maximum absolute atomic E-state index is 12.2. The molecule has 0 saturated carbocycles. The van der Waals surface area contributed by atoms with Crippen LogP contribution in [-0.2, 0) is 5.54 Å². The molecule has 0 bridgehead atoms. The molecule has 0 spiro atoms. The van der Waals surface area contributed by atoms with Gasteiger partial charge in [0.1, 0.15) is 5.76 Å². The number of hydrogen-bond donors (Lipinski definition) is 1. The Hall–Kier alpha value is -1.14. The molecule has 19 heavy (non-hydrogen) atoms. The maximum atomic E-state index is 12.2. The third-order valence-electron chi connectivity index (χ3n) is 2.88. The summed E-state index contributed by atoms with van der Waals surface area (Å²) >= 11 is 4.75. The zero-order chi connectivity index (χ0) is 14.2. The predicted octanol–water partition coefficient (Wildman–Crippen LogP) is 3.78. The Morgan fingerprint density at radius 3 is 2.63 bits per heavy atom. The normalized spacial score (nSPS) is 11.6. The molecule has 0 saturated heterocycles. The first-order chi connectivity index (χ1) is 8.81. The first kappa shape index (κ1) is 14.3. The minimum absolute atomic E-state index is 0.0966. The standard InChI is InChI=1S/C13H15BrN2O2S/c1-7-11(8(2)18-16-7)13(3,4)15-12(17)10-5-9(14)6-19-10/h5-6H,1-4H3,(H,15,17). The molecule has 0 atom stereocenters. The van der Waals surface area contributed by atoms with Gasteiger partial charge in [0.15, 0.2) is 0 Å². The van der Waals surface area contributed by atoms with E-state index >= 15 is 0 Å². The summed E-state index contributed by atoms with van der Waals surface area (Å²) in [5.74, 6) is 0.635. The molecule has 0 aliphatic carbocycles. The van der Waals surface area contributed by atoms with E-state index < -0.39 is 5.54 Å². The van der Waals surface area contributed by atoms with Crippen molar-refractivity contribution in [3.05, 3.63) is 37.8 Å². The molecule has 0 aliphatic heterocycles. The lowest BCUT2D eigenvalue weighted by Crippen LogP contribution is -2.41. The van der Waals surface area contributed by atoms with Crippen LogP contribution in [0.4, 0.5) is 0 Å². The van der Waals surface area contributed by atoms with Crippen LogP contribution < -0.4 is 5.32 Å². The first-order valence-corrected chi connectivity index (χ1v) is 7.48. The number of thiophene rings is 1. The largest absolute Gasteiger partial charge is 0.361 e. The van der Waals surface area contributed by atoms with Crippen molar-refractivity contribution in [1.82, 2.24) is 10.5 Å². The summed E-state index contributed by atoms with van der Waals surface area (Å²) in [4.78, 5) is 12.9. The summed E-state index contributed by atoms with van der Waals surface area (Å²) in [6.45, 7) is 7.62. The third-order valence-corrected chi connectivity index (χ3v) is 4.57. The molecule has 0 unspecified atom stereocenters. The van der Waals surface area contributed by atoms with Crippen LogP contribution in [0.5, 0.6) is 0 Å². The van der Waals surface area contributed by atoms with Gasteiger partial charge in [-0.2, -0.15) is 0 Å². The highest BCUT2D eigenvalue weighted by atomic mass is 79.9. The topological polar surface area (TPSA) is 55.1 Å².